The lowest BCUT2D eigenvalue weighted by atomic mass is 10.3. The van der Waals surface area contributed by atoms with Gasteiger partial charge in [0.25, 0.3) is 0 Å². The smallest absolute Gasteiger partial charge is 0.407 e. The van der Waals surface area contributed by atoms with E-state index < -0.39 is 0 Å². The molecule has 0 unspecified atom stereocenters. The number of carbonyl (C=O) groups excluding carboxylic acids is 1. The summed E-state index contributed by atoms with van der Waals surface area (Å²) < 4.78 is 5.75. The van der Waals surface area contributed by atoms with E-state index >= 15 is 0 Å². The largest absolute Gasteiger partial charge is 0.450 e. The van der Waals surface area contributed by atoms with Crippen molar-refractivity contribution in [1.82, 2.24) is 5.32 Å². The predicted molar refractivity (Wildman–Crippen MR) is 67.7 cm³/mol. The molecule has 0 saturated heterocycles. The Balaban J connectivity index is 2.18. The molecule has 1 amide bonds. The van der Waals surface area contributed by atoms with Crippen molar-refractivity contribution < 1.29 is 9.53 Å². The second-order valence-corrected chi connectivity index (χ2v) is 4.00. The molecule has 0 radical (unpaired) electrons. The van der Waals surface area contributed by atoms with E-state index in [1.54, 1.807) is 6.92 Å². The first-order chi connectivity index (χ1) is 7.72. The number of hydrogen-bond donors (Lipinski definition) is 2. The molecular weight excluding hydrogens is 272 g/mol. The fraction of sp³-hybridized carbons (Fsp3) is 0.364. The summed E-state index contributed by atoms with van der Waals surface area (Å²) in [4.78, 5) is 10.9. The number of nitrogens with one attached hydrogen (secondary N) is 2. The van der Waals surface area contributed by atoms with Crippen LogP contribution in [0.2, 0.25) is 0 Å². The zero-order valence-corrected chi connectivity index (χ0v) is 10.7. The van der Waals surface area contributed by atoms with E-state index in [4.69, 9.17) is 4.74 Å². The Hall–Kier alpha value is -1.23. The Morgan fingerprint density at radius 2 is 2.25 bits per heavy atom. The number of rotatable bonds is 5. The lowest BCUT2D eigenvalue weighted by molar-refractivity contribution is 0.152. The number of ether oxygens (including phenoxy) is 1. The van der Waals surface area contributed by atoms with Gasteiger partial charge in [-0.05, 0) is 25.1 Å². The van der Waals surface area contributed by atoms with Crippen molar-refractivity contribution in [2.75, 3.05) is 25.0 Å². The van der Waals surface area contributed by atoms with Gasteiger partial charge in [-0.25, -0.2) is 4.79 Å². The highest BCUT2D eigenvalue weighted by molar-refractivity contribution is 9.10. The van der Waals surface area contributed by atoms with Crippen LogP contribution in [-0.2, 0) is 4.74 Å². The van der Waals surface area contributed by atoms with Crippen LogP contribution >= 0.6 is 15.9 Å². The van der Waals surface area contributed by atoms with Crippen molar-refractivity contribution in [2.45, 2.75) is 6.92 Å². The number of benzene rings is 1. The van der Waals surface area contributed by atoms with Crippen molar-refractivity contribution in [3.05, 3.63) is 28.7 Å². The van der Waals surface area contributed by atoms with Gasteiger partial charge in [-0.3, -0.25) is 0 Å². The average molecular weight is 287 g/mol. The first kappa shape index (κ1) is 12.8. The van der Waals surface area contributed by atoms with E-state index in [1.165, 1.54) is 0 Å². The molecular formula is C11H15BrN2O2. The Morgan fingerprint density at radius 3 is 2.94 bits per heavy atom. The molecule has 0 heterocycles. The maximum absolute atomic E-state index is 10.9. The lowest BCUT2D eigenvalue weighted by Gasteiger charge is -2.08. The summed E-state index contributed by atoms with van der Waals surface area (Å²) in [6, 6.07) is 7.85. The van der Waals surface area contributed by atoms with Crippen LogP contribution in [0.1, 0.15) is 6.92 Å². The molecule has 0 fully saturated rings. The van der Waals surface area contributed by atoms with Crippen LogP contribution in [0.4, 0.5) is 10.5 Å². The van der Waals surface area contributed by atoms with Gasteiger partial charge in [-0.2, -0.15) is 0 Å². The highest BCUT2D eigenvalue weighted by Gasteiger charge is 1.98. The third kappa shape index (κ3) is 5.02. The van der Waals surface area contributed by atoms with Crippen LogP contribution in [-0.4, -0.2) is 25.8 Å². The molecule has 1 aromatic rings. The van der Waals surface area contributed by atoms with Crippen LogP contribution in [0.5, 0.6) is 0 Å². The van der Waals surface area contributed by atoms with Crippen molar-refractivity contribution in [1.29, 1.82) is 0 Å². The molecule has 0 saturated carbocycles. The molecule has 5 heteroatoms. The van der Waals surface area contributed by atoms with E-state index in [0.29, 0.717) is 19.7 Å². The van der Waals surface area contributed by atoms with E-state index in [1.807, 2.05) is 24.3 Å². The van der Waals surface area contributed by atoms with Gasteiger partial charge in [-0.15, -0.1) is 0 Å². The summed E-state index contributed by atoms with van der Waals surface area (Å²) in [5, 5.41) is 5.82. The fourth-order valence-corrected chi connectivity index (χ4v) is 1.55. The molecule has 1 rings (SSSR count). The van der Waals surface area contributed by atoms with Crippen molar-refractivity contribution in [3.8, 4) is 0 Å². The molecule has 0 aromatic heterocycles. The third-order valence-corrected chi connectivity index (χ3v) is 2.32. The lowest BCUT2D eigenvalue weighted by Crippen LogP contribution is -2.29. The van der Waals surface area contributed by atoms with E-state index in [-0.39, 0.29) is 6.09 Å². The highest BCUT2D eigenvalue weighted by Crippen LogP contribution is 2.14. The molecule has 0 bridgehead atoms. The van der Waals surface area contributed by atoms with Crippen molar-refractivity contribution >= 4 is 27.7 Å². The standard InChI is InChI=1S/C11H15BrN2O2/c1-2-16-11(15)14-7-6-13-10-5-3-4-9(12)8-10/h3-5,8,13H,2,6-7H2,1H3,(H,14,15). The molecule has 16 heavy (non-hydrogen) atoms. The number of alkyl carbamates (subject to hydrolysis) is 1. The molecule has 88 valence electrons. The summed E-state index contributed by atoms with van der Waals surface area (Å²) in [7, 11) is 0. The second kappa shape index (κ2) is 7.11. The molecule has 0 atom stereocenters. The Bertz CT molecular complexity index is 345. The van der Waals surface area contributed by atoms with E-state index in [0.717, 1.165) is 10.2 Å². The zero-order chi connectivity index (χ0) is 11.8. The van der Waals surface area contributed by atoms with Gasteiger partial charge in [0.15, 0.2) is 0 Å². The van der Waals surface area contributed by atoms with Gasteiger partial charge in [0.05, 0.1) is 6.61 Å². The van der Waals surface area contributed by atoms with Gasteiger partial charge in [0.2, 0.25) is 0 Å². The minimum atomic E-state index is -0.376. The van der Waals surface area contributed by atoms with Crippen molar-refractivity contribution in [2.24, 2.45) is 0 Å². The van der Waals surface area contributed by atoms with Crippen LogP contribution in [0.15, 0.2) is 28.7 Å². The monoisotopic (exact) mass is 286 g/mol. The number of anilines is 1. The highest BCUT2D eigenvalue weighted by atomic mass is 79.9. The Labute approximate surface area is 103 Å². The summed E-state index contributed by atoms with van der Waals surface area (Å²) in [6.45, 7) is 3.37. The van der Waals surface area contributed by atoms with E-state index in [9.17, 15) is 4.79 Å². The van der Waals surface area contributed by atoms with Gasteiger partial charge in [-0.1, -0.05) is 22.0 Å². The first-order valence-electron chi connectivity index (χ1n) is 5.12. The second-order valence-electron chi connectivity index (χ2n) is 3.08. The molecule has 0 aliphatic rings. The molecule has 1 aromatic carbocycles. The van der Waals surface area contributed by atoms with Crippen LogP contribution in [0.25, 0.3) is 0 Å². The zero-order valence-electron chi connectivity index (χ0n) is 9.13. The number of halogens is 1. The first-order valence-corrected chi connectivity index (χ1v) is 5.91. The summed E-state index contributed by atoms with van der Waals surface area (Å²) in [5.41, 5.74) is 1.01. The molecule has 2 N–H and O–H groups in total. The Kier molecular flexibility index (Phi) is 5.71. The quantitative estimate of drug-likeness (QED) is 0.818. The van der Waals surface area contributed by atoms with Gasteiger partial charge in [0, 0.05) is 23.2 Å². The molecule has 0 spiro atoms. The van der Waals surface area contributed by atoms with Gasteiger partial charge >= 0.3 is 6.09 Å². The number of amides is 1. The molecule has 4 nitrogen and oxygen atoms in total. The van der Waals surface area contributed by atoms with Gasteiger partial charge < -0.3 is 15.4 Å². The topological polar surface area (TPSA) is 50.4 Å². The minimum Gasteiger partial charge on any atom is -0.450 e. The van der Waals surface area contributed by atoms with Crippen LogP contribution in [0, 0.1) is 0 Å². The van der Waals surface area contributed by atoms with Crippen LogP contribution < -0.4 is 10.6 Å². The van der Waals surface area contributed by atoms with Crippen molar-refractivity contribution in [3.63, 3.8) is 0 Å². The maximum atomic E-state index is 10.9. The third-order valence-electron chi connectivity index (χ3n) is 1.82. The summed E-state index contributed by atoms with van der Waals surface area (Å²) >= 11 is 3.39. The van der Waals surface area contributed by atoms with Gasteiger partial charge in [0.1, 0.15) is 0 Å². The normalized spacial score (nSPS) is 9.62. The van der Waals surface area contributed by atoms with Crippen LogP contribution in [0.3, 0.4) is 0 Å². The number of carbonyl (C=O) groups is 1. The molecule has 0 aliphatic heterocycles. The summed E-state index contributed by atoms with van der Waals surface area (Å²) in [6.07, 6.45) is -0.376. The predicted octanol–water partition coefficient (Wildman–Crippen LogP) is 2.61. The van der Waals surface area contributed by atoms with E-state index in [2.05, 4.69) is 26.6 Å². The minimum absolute atomic E-state index is 0.376. The maximum Gasteiger partial charge on any atom is 0.407 e. The average Bonchev–Trinajstić information content (AvgIpc) is 2.25. The number of hydrogen-bond acceptors (Lipinski definition) is 3. The SMILES string of the molecule is CCOC(=O)NCCNc1cccc(Br)c1. The Morgan fingerprint density at radius 1 is 1.44 bits per heavy atom. The fourth-order valence-electron chi connectivity index (χ4n) is 1.15. The summed E-state index contributed by atoms with van der Waals surface area (Å²) in [5.74, 6) is 0. The molecule has 0 aliphatic carbocycles.